The second kappa shape index (κ2) is 33.0. The maximum Gasteiger partial charge on any atom is 0.472 e. The molecule has 2 aliphatic rings. The Kier molecular flexibility index (Phi) is 29.7. The fourth-order valence-electron chi connectivity index (χ4n) is 7.51. The largest absolute Gasteiger partial charge is 0.472 e. The standard InChI is InChI=1S/C47H79O16P/c1-3-5-7-8-9-10-11-12-13-14-15-16-17-18-19-20-22-28-41(52)62-35-32-60-40(51)27-24-23-26-36-38(49)31-39(50)37(30-29-34(48)25-21-6-4-2)43(54)45(56)47(46(57)44(55)42(36)53)63-64(58,59)61-33-35/h12-13,15-16,18-19,23-24,29-30,34-39,42-50,53-57H,3-11,14,17,20-22,25-28,31-33H2,1-2H3,(H,58,59)/b13-12-,16-15-,19-18-,24-23-,30-29+/t34-,35-,36-,37+,38+,39-,42-,43-,44+,45-,46-,47-/m1/s1. The third-order valence-electron chi connectivity index (χ3n) is 11.4. The average Bonchev–Trinajstić information content (AvgIpc) is 3.26. The minimum absolute atomic E-state index is 0.0488. The summed E-state index contributed by atoms with van der Waals surface area (Å²) >= 11 is 0. The van der Waals surface area contributed by atoms with Gasteiger partial charge in [0, 0.05) is 24.7 Å². The highest BCUT2D eigenvalue weighted by molar-refractivity contribution is 7.47. The van der Waals surface area contributed by atoms with Crippen molar-refractivity contribution < 1.29 is 78.4 Å². The van der Waals surface area contributed by atoms with Crippen LogP contribution >= 0.6 is 7.82 Å². The number of phosphoric acid groups is 1. The van der Waals surface area contributed by atoms with E-state index in [9.17, 15) is 59.9 Å². The highest BCUT2D eigenvalue weighted by atomic mass is 31.2. The summed E-state index contributed by atoms with van der Waals surface area (Å²) in [6, 6.07) is 0. The van der Waals surface area contributed by atoms with Crippen molar-refractivity contribution in [2.75, 3.05) is 13.2 Å². The molecular formula is C47H79O16P. The van der Waals surface area contributed by atoms with Gasteiger partial charge in [0.1, 0.15) is 31.0 Å². The third kappa shape index (κ3) is 23.2. The number of carbonyl (C=O) groups is 2. The molecule has 17 heteroatoms. The van der Waals surface area contributed by atoms with Crippen molar-refractivity contribution >= 4 is 19.8 Å². The third-order valence-corrected chi connectivity index (χ3v) is 12.4. The van der Waals surface area contributed by atoms with Crippen molar-refractivity contribution in [2.24, 2.45) is 11.8 Å². The number of esters is 2. The molecule has 1 saturated carbocycles. The summed E-state index contributed by atoms with van der Waals surface area (Å²) < 4.78 is 34.4. The number of aliphatic hydroxyl groups excluding tert-OH is 8. The number of carbonyl (C=O) groups excluding carboxylic acids is 2. The smallest absolute Gasteiger partial charge is 0.461 e. The van der Waals surface area contributed by atoms with Crippen LogP contribution < -0.4 is 0 Å². The number of phosphoric ester groups is 1. The Morgan fingerprint density at radius 1 is 0.766 bits per heavy atom. The number of unbranched alkanes of at least 4 members (excludes halogenated alkanes) is 9. The molecule has 1 heterocycles. The van der Waals surface area contributed by atoms with Crippen molar-refractivity contribution in [1.29, 1.82) is 0 Å². The molecule has 2 bridgehead atoms. The molecular weight excluding hydrogens is 851 g/mol. The number of cyclic esters (lactones) is 1. The molecule has 1 unspecified atom stereocenters. The topological polar surface area (TPSA) is 270 Å². The predicted molar refractivity (Wildman–Crippen MR) is 241 cm³/mol. The molecule has 64 heavy (non-hydrogen) atoms. The Morgan fingerprint density at radius 2 is 1.38 bits per heavy atom. The maximum absolute atomic E-state index is 13.4. The van der Waals surface area contributed by atoms with Gasteiger partial charge < -0.3 is 55.2 Å². The molecule has 0 amide bonds. The van der Waals surface area contributed by atoms with E-state index in [0.717, 1.165) is 32.1 Å². The van der Waals surface area contributed by atoms with Gasteiger partial charge in [-0.3, -0.25) is 18.6 Å². The van der Waals surface area contributed by atoms with E-state index >= 15 is 0 Å². The normalized spacial score (nSPS) is 32.9. The quantitative estimate of drug-likeness (QED) is 0.0288. The molecule has 1 aliphatic carbocycles. The van der Waals surface area contributed by atoms with Crippen LogP contribution in [0.15, 0.2) is 60.8 Å². The first kappa shape index (κ1) is 57.6. The van der Waals surface area contributed by atoms with Crippen molar-refractivity contribution in [3.63, 3.8) is 0 Å². The van der Waals surface area contributed by atoms with Crippen LogP contribution in [0.2, 0.25) is 0 Å². The van der Waals surface area contributed by atoms with Crippen LogP contribution in [0.1, 0.15) is 136 Å². The Morgan fingerprint density at radius 3 is 2.06 bits per heavy atom. The van der Waals surface area contributed by atoms with Crippen LogP contribution in [-0.4, -0.2) is 132 Å². The molecule has 1 fully saturated rings. The highest BCUT2D eigenvalue weighted by Crippen LogP contribution is 2.47. The van der Waals surface area contributed by atoms with Crippen molar-refractivity contribution in [3.8, 4) is 0 Å². The number of hydrogen-bond donors (Lipinski definition) is 9. The molecule has 0 spiro atoms. The molecule has 0 aromatic carbocycles. The minimum Gasteiger partial charge on any atom is -0.461 e. The first-order valence-electron chi connectivity index (χ1n) is 23.3. The van der Waals surface area contributed by atoms with Gasteiger partial charge in [-0.15, -0.1) is 0 Å². The van der Waals surface area contributed by atoms with Crippen LogP contribution in [0, 0.1) is 11.8 Å². The number of allylic oxidation sites excluding steroid dienone is 7. The van der Waals surface area contributed by atoms with Gasteiger partial charge in [-0.2, -0.15) is 0 Å². The Bertz CT molecular complexity index is 1480. The van der Waals surface area contributed by atoms with E-state index < -0.39 is 112 Å². The molecule has 368 valence electrons. The summed E-state index contributed by atoms with van der Waals surface area (Å²) in [5, 5.41) is 89.6. The molecule has 2 rings (SSSR count). The predicted octanol–water partition coefficient (Wildman–Crippen LogP) is 5.32. The SMILES string of the molecule is CCCCCCCC/C=C\C/C=C\C/C=C\CCCC(=O)O[C@@H]1COC(=O)C/C=C\C[C@H]2[C@@H](O)[C@H](O)[C@@H](O)[C@H](OP(=O)(O)OC1)[C@H](O)[C@H](O)[C@@H](/C=C/[C@H](O)CCCCC)[C@H](O)C[C@@H]2O. The number of aliphatic hydroxyl groups is 8. The fourth-order valence-corrected chi connectivity index (χ4v) is 8.49. The van der Waals surface area contributed by atoms with Gasteiger partial charge in [0.05, 0.1) is 43.5 Å². The molecule has 13 atom stereocenters. The minimum atomic E-state index is -5.45. The summed E-state index contributed by atoms with van der Waals surface area (Å²) in [4.78, 5) is 36.3. The lowest BCUT2D eigenvalue weighted by atomic mass is 9.83. The van der Waals surface area contributed by atoms with Gasteiger partial charge in [0.25, 0.3) is 0 Å². The lowest BCUT2D eigenvalue weighted by Gasteiger charge is -2.37. The van der Waals surface area contributed by atoms with Gasteiger partial charge in [-0.1, -0.05) is 126 Å². The van der Waals surface area contributed by atoms with E-state index in [0.29, 0.717) is 25.7 Å². The van der Waals surface area contributed by atoms with Crippen molar-refractivity contribution in [3.05, 3.63) is 60.8 Å². The van der Waals surface area contributed by atoms with E-state index in [2.05, 4.69) is 31.2 Å². The fraction of sp³-hybridized carbons (Fsp3) is 0.745. The summed E-state index contributed by atoms with van der Waals surface area (Å²) in [6.07, 6.45) is 11.4. The van der Waals surface area contributed by atoms with Gasteiger partial charge in [0.15, 0.2) is 6.10 Å². The number of rotatable bonds is 22. The monoisotopic (exact) mass is 931 g/mol. The average molecular weight is 931 g/mol. The van der Waals surface area contributed by atoms with Gasteiger partial charge in [-0.05, 0) is 51.4 Å². The Labute approximate surface area is 380 Å². The molecule has 0 aromatic heterocycles. The zero-order valence-corrected chi connectivity index (χ0v) is 38.8. The molecule has 16 nitrogen and oxygen atoms in total. The van der Waals surface area contributed by atoms with Crippen LogP contribution in [0.4, 0.5) is 0 Å². The maximum atomic E-state index is 13.4. The van der Waals surface area contributed by atoms with Crippen molar-refractivity contribution in [1.82, 2.24) is 0 Å². The van der Waals surface area contributed by atoms with E-state index in [-0.39, 0.29) is 19.3 Å². The molecule has 0 saturated heterocycles. The first-order valence-corrected chi connectivity index (χ1v) is 24.8. The number of hydrogen-bond acceptors (Lipinski definition) is 15. The molecule has 9 N–H and O–H groups in total. The molecule has 0 radical (unpaired) electrons. The Balaban J connectivity index is 2.16. The summed E-state index contributed by atoms with van der Waals surface area (Å²) in [5.74, 6) is -4.35. The second-order valence-electron chi connectivity index (χ2n) is 16.9. The molecule has 1 aliphatic heterocycles. The van der Waals surface area contributed by atoms with Gasteiger partial charge in [-0.25, -0.2) is 4.57 Å². The number of fused-ring (bicyclic) bond motifs is 4. The lowest BCUT2D eigenvalue weighted by molar-refractivity contribution is -0.166. The summed E-state index contributed by atoms with van der Waals surface area (Å²) in [6.45, 7) is 2.72. The molecule has 0 aromatic rings. The van der Waals surface area contributed by atoms with Crippen LogP contribution in [0.5, 0.6) is 0 Å². The second-order valence-corrected chi connectivity index (χ2v) is 18.3. The van der Waals surface area contributed by atoms with E-state index in [1.807, 2.05) is 19.1 Å². The van der Waals surface area contributed by atoms with Crippen LogP contribution in [-0.2, 0) is 32.7 Å². The van der Waals surface area contributed by atoms with Gasteiger partial charge in [0.2, 0.25) is 0 Å². The number of ether oxygens (including phenoxy) is 2. The Hall–Kier alpha value is -2.57. The van der Waals surface area contributed by atoms with E-state index in [4.69, 9.17) is 18.5 Å². The van der Waals surface area contributed by atoms with E-state index in [1.165, 1.54) is 62.8 Å². The van der Waals surface area contributed by atoms with Crippen molar-refractivity contribution in [2.45, 2.75) is 197 Å². The summed E-state index contributed by atoms with van der Waals surface area (Å²) in [7, 11) is -5.45. The first-order chi connectivity index (χ1) is 30.6. The summed E-state index contributed by atoms with van der Waals surface area (Å²) in [5.41, 5.74) is 0. The van der Waals surface area contributed by atoms with Crippen LogP contribution in [0.25, 0.3) is 0 Å². The lowest BCUT2D eigenvalue weighted by Crippen LogP contribution is -2.55. The zero-order chi connectivity index (χ0) is 47.3. The zero-order valence-electron chi connectivity index (χ0n) is 37.9. The van der Waals surface area contributed by atoms with E-state index in [1.54, 1.807) is 0 Å². The van der Waals surface area contributed by atoms with Gasteiger partial charge >= 0.3 is 19.8 Å². The highest BCUT2D eigenvalue weighted by Gasteiger charge is 2.49. The van der Waals surface area contributed by atoms with Crippen LogP contribution in [0.3, 0.4) is 0 Å².